The number of amides is 3. The second-order valence-electron chi connectivity index (χ2n) is 10.1. The number of aromatic amines is 1. The molecule has 1 saturated heterocycles. The largest absolute Gasteiger partial charge is 0.483 e. The van der Waals surface area contributed by atoms with E-state index in [0.717, 1.165) is 22.1 Å². The molecule has 2 N–H and O–H groups in total. The Balaban J connectivity index is 1.21. The molecule has 8 nitrogen and oxygen atoms in total. The van der Waals surface area contributed by atoms with Gasteiger partial charge < -0.3 is 15.0 Å². The average Bonchev–Trinajstić information content (AvgIpc) is 3.51. The van der Waals surface area contributed by atoms with Crippen molar-refractivity contribution in [2.24, 2.45) is 5.92 Å². The summed E-state index contributed by atoms with van der Waals surface area (Å²) in [7, 11) is 0. The van der Waals surface area contributed by atoms with Crippen LogP contribution >= 0.6 is 34.7 Å². The van der Waals surface area contributed by atoms with Gasteiger partial charge in [0, 0.05) is 32.5 Å². The first kappa shape index (κ1) is 27.5. The lowest BCUT2D eigenvalue weighted by Crippen LogP contribution is -2.32. The molecule has 11 heteroatoms. The minimum absolute atomic E-state index is 0.273. The van der Waals surface area contributed by atoms with Crippen molar-refractivity contribution in [2.75, 3.05) is 16.8 Å². The summed E-state index contributed by atoms with van der Waals surface area (Å²) in [6.45, 7) is -0.282. The van der Waals surface area contributed by atoms with Gasteiger partial charge in [-0.05, 0) is 41.8 Å². The Morgan fingerprint density at radius 1 is 0.907 bits per heavy atom. The second kappa shape index (κ2) is 11.0. The number of nitrogens with zero attached hydrogens (tertiary/aromatic N) is 1. The molecule has 4 aromatic carbocycles. The number of anilines is 2. The molecule has 1 fully saturated rings. The highest BCUT2D eigenvalue weighted by Crippen LogP contribution is 2.54. The van der Waals surface area contributed by atoms with Crippen molar-refractivity contribution in [1.29, 1.82) is 0 Å². The third-order valence-corrected chi connectivity index (χ3v) is 10.2. The van der Waals surface area contributed by atoms with Gasteiger partial charge in [-0.3, -0.25) is 19.2 Å². The van der Waals surface area contributed by atoms with Crippen LogP contribution in [0.4, 0.5) is 11.4 Å². The fourth-order valence-electron chi connectivity index (χ4n) is 5.73. The van der Waals surface area contributed by atoms with E-state index < -0.39 is 17.1 Å². The third-order valence-electron chi connectivity index (χ3n) is 7.59. The highest BCUT2D eigenvalue weighted by atomic mass is 35.5. The van der Waals surface area contributed by atoms with E-state index in [2.05, 4.69) is 10.3 Å². The first-order chi connectivity index (χ1) is 20.9. The molecule has 0 spiro atoms. The summed E-state index contributed by atoms with van der Waals surface area (Å²) in [6.07, 6.45) is 0. The van der Waals surface area contributed by atoms with Gasteiger partial charge in [-0.25, -0.2) is 4.90 Å². The van der Waals surface area contributed by atoms with Crippen LogP contribution in [0.1, 0.15) is 16.4 Å². The summed E-state index contributed by atoms with van der Waals surface area (Å²) < 4.78 is 6.07. The van der Waals surface area contributed by atoms with E-state index in [1.54, 1.807) is 36.4 Å². The molecular weight excluding hydrogens is 606 g/mol. The lowest BCUT2D eigenvalue weighted by atomic mass is 9.82. The van der Waals surface area contributed by atoms with Crippen LogP contribution in [0.3, 0.4) is 0 Å². The molecule has 3 amide bonds. The van der Waals surface area contributed by atoms with Gasteiger partial charge in [0.1, 0.15) is 11.0 Å². The number of ether oxygens (including phenoxy) is 1. The number of halogens is 1. The lowest BCUT2D eigenvalue weighted by molar-refractivity contribution is -0.122. The van der Waals surface area contributed by atoms with Crippen LogP contribution in [0.5, 0.6) is 5.75 Å². The number of carbonyl (C=O) groups excluding carboxylic acids is 3. The summed E-state index contributed by atoms with van der Waals surface area (Å²) in [5, 5.41) is 5.13. The van der Waals surface area contributed by atoms with Gasteiger partial charge in [-0.2, -0.15) is 0 Å². The summed E-state index contributed by atoms with van der Waals surface area (Å²) >= 11 is 8.26. The third kappa shape index (κ3) is 4.91. The van der Waals surface area contributed by atoms with Crippen LogP contribution in [0, 0.1) is 5.92 Å². The number of fused-ring (bicyclic) bond motifs is 3. The van der Waals surface area contributed by atoms with E-state index in [0.29, 0.717) is 37.6 Å². The van der Waals surface area contributed by atoms with Gasteiger partial charge in [0.05, 0.1) is 16.6 Å². The topological polar surface area (TPSA) is 109 Å². The Morgan fingerprint density at radius 2 is 1.65 bits per heavy atom. The van der Waals surface area contributed by atoms with Gasteiger partial charge in [0.25, 0.3) is 5.91 Å². The van der Waals surface area contributed by atoms with Crippen LogP contribution in [-0.4, -0.2) is 34.6 Å². The van der Waals surface area contributed by atoms with E-state index in [1.807, 2.05) is 54.6 Å². The number of thiazole rings is 1. The zero-order valence-corrected chi connectivity index (χ0v) is 24.7. The number of H-pyrrole nitrogens is 1. The zero-order chi connectivity index (χ0) is 29.7. The molecular formula is C32H22ClN3O5S2. The molecule has 5 aromatic rings. The molecule has 0 unspecified atom stereocenters. The number of hydrogen-bond acceptors (Lipinski definition) is 7. The number of thioether (sulfide) groups is 1. The van der Waals surface area contributed by atoms with E-state index in [4.69, 9.17) is 16.3 Å². The van der Waals surface area contributed by atoms with Crippen molar-refractivity contribution in [3.05, 3.63) is 116 Å². The van der Waals surface area contributed by atoms with E-state index in [9.17, 15) is 19.2 Å². The van der Waals surface area contributed by atoms with Gasteiger partial charge >= 0.3 is 4.87 Å². The smallest absolute Gasteiger partial charge is 0.305 e. The molecule has 43 heavy (non-hydrogen) atoms. The molecule has 0 bridgehead atoms. The van der Waals surface area contributed by atoms with Crippen molar-refractivity contribution in [3.63, 3.8) is 0 Å². The normalized spacial score (nSPS) is 19.3. The Labute approximate surface area is 258 Å². The molecule has 0 radical (unpaired) electrons. The van der Waals surface area contributed by atoms with Crippen molar-refractivity contribution in [1.82, 2.24) is 4.98 Å². The summed E-state index contributed by atoms with van der Waals surface area (Å²) in [4.78, 5) is 57.6. The highest BCUT2D eigenvalue weighted by Gasteiger charge is 2.56. The van der Waals surface area contributed by atoms with Crippen LogP contribution < -0.4 is 19.8 Å². The number of nitrogens with one attached hydrogen (secondary N) is 2. The predicted molar refractivity (Wildman–Crippen MR) is 168 cm³/mol. The molecule has 7 rings (SSSR count). The number of aromatic nitrogens is 1. The van der Waals surface area contributed by atoms with Crippen molar-refractivity contribution >= 4 is 74.6 Å². The maximum absolute atomic E-state index is 14.0. The summed E-state index contributed by atoms with van der Waals surface area (Å²) in [5.41, 5.74) is 1.72. The van der Waals surface area contributed by atoms with Crippen LogP contribution in [-0.2, 0) is 14.4 Å². The van der Waals surface area contributed by atoms with Crippen LogP contribution in [0.2, 0.25) is 5.02 Å². The Kier molecular flexibility index (Phi) is 7.04. The fourth-order valence-corrected chi connectivity index (χ4v) is 8.36. The number of imide groups is 1. The quantitative estimate of drug-likeness (QED) is 0.222. The number of para-hydroxylation sites is 1. The molecule has 0 aliphatic carbocycles. The van der Waals surface area contributed by atoms with Crippen LogP contribution in [0.25, 0.3) is 10.8 Å². The lowest BCUT2D eigenvalue weighted by Gasteiger charge is -2.30. The van der Waals surface area contributed by atoms with Gasteiger partial charge in [0.15, 0.2) is 6.61 Å². The predicted octanol–water partition coefficient (Wildman–Crippen LogP) is 6.06. The fraction of sp³-hybridized carbons (Fsp3) is 0.125. The van der Waals surface area contributed by atoms with E-state index in [-0.39, 0.29) is 29.2 Å². The molecule has 3 heterocycles. The first-order valence-electron chi connectivity index (χ1n) is 13.4. The second-order valence-corrected chi connectivity index (χ2v) is 12.7. The Morgan fingerprint density at radius 3 is 2.49 bits per heavy atom. The summed E-state index contributed by atoms with van der Waals surface area (Å²) in [5.74, 6) is -2.13. The first-order valence-corrected chi connectivity index (χ1v) is 15.5. The van der Waals surface area contributed by atoms with Gasteiger partial charge in [-0.15, -0.1) is 0 Å². The van der Waals surface area contributed by atoms with E-state index in [1.165, 1.54) is 16.7 Å². The summed E-state index contributed by atoms with van der Waals surface area (Å²) in [6, 6.07) is 27.1. The zero-order valence-electron chi connectivity index (χ0n) is 22.3. The van der Waals surface area contributed by atoms with E-state index >= 15 is 0 Å². The monoisotopic (exact) mass is 627 g/mol. The van der Waals surface area contributed by atoms with Crippen molar-refractivity contribution in [2.45, 2.75) is 16.2 Å². The SMILES string of the molecule is O=C(COc1ccccc1[C@@H]1c2sc(=O)[nH]c2S[C@H]2C(=O)N(c3ccc(Cl)cc3)C(=O)[C@@H]12)Nc1cccc2ccccc12. The number of hydrogen-bond donors (Lipinski definition) is 2. The van der Waals surface area contributed by atoms with Crippen molar-refractivity contribution in [3.8, 4) is 5.75 Å². The molecule has 0 saturated carbocycles. The number of carbonyl (C=O) groups is 3. The molecule has 214 valence electrons. The standard InChI is InChI=1S/C32H22ClN3O5S2/c33-18-12-14-19(15-13-18)36-30(38)26-25(27-29(35-32(40)43-27)42-28(26)31(36)39)21-9-3-4-11-23(21)41-16-24(37)34-22-10-5-7-17-6-1-2-8-20(17)22/h1-15,25-26,28H,16H2,(H,34,37)(H,35,40)/t25-,26-,28+/m0/s1. The number of rotatable bonds is 6. The number of benzene rings is 4. The Bertz CT molecular complexity index is 1970. The average molecular weight is 628 g/mol. The minimum Gasteiger partial charge on any atom is -0.483 e. The maximum Gasteiger partial charge on any atom is 0.305 e. The minimum atomic E-state index is -0.790. The maximum atomic E-state index is 14.0. The highest BCUT2D eigenvalue weighted by molar-refractivity contribution is 8.00. The van der Waals surface area contributed by atoms with Gasteiger partial charge in [-0.1, -0.05) is 89.3 Å². The van der Waals surface area contributed by atoms with Crippen LogP contribution in [0.15, 0.2) is 101 Å². The molecule has 3 atom stereocenters. The molecule has 2 aliphatic rings. The molecule has 2 aliphatic heterocycles. The van der Waals surface area contributed by atoms with Gasteiger partial charge in [0.2, 0.25) is 11.8 Å². The molecule has 1 aromatic heterocycles. The Hall–Kier alpha value is -4.38. The van der Waals surface area contributed by atoms with Crippen molar-refractivity contribution < 1.29 is 19.1 Å².